The Hall–Kier alpha value is -1.22. The van der Waals surface area contributed by atoms with Crippen LogP contribution in [0.3, 0.4) is 0 Å². The molecule has 1 aromatic rings. The molecule has 0 fully saturated rings. The van der Waals surface area contributed by atoms with Crippen LogP contribution in [-0.2, 0) is 0 Å². The third kappa shape index (κ3) is 2.72. The minimum absolute atomic E-state index is 0.276. The fourth-order valence-electron chi connectivity index (χ4n) is 2.31. The highest BCUT2D eigenvalue weighted by Crippen LogP contribution is 2.37. The topological polar surface area (TPSA) is 32.7 Å². The summed E-state index contributed by atoms with van der Waals surface area (Å²) in [6.07, 6.45) is 3.76. The maximum Gasteiger partial charge on any atom is 0.127 e. The molecule has 1 aliphatic rings. The summed E-state index contributed by atoms with van der Waals surface area (Å²) >= 11 is 0. The van der Waals surface area contributed by atoms with Gasteiger partial charge in [-0.25, -0.2) is 0 Å². The van der Waals surface area contributed by atoms with Crippen LogP contribution in [0.5, 0.6) is 11.5 Å². The highest BCUT2D eigenvalue weighted by Gasteiger charge is 2.27. The number of fused-ring (bicyclic) bond motifs is 1. The van der Waals surface area contributed by atoms with Gasteiger partial charge >= 0.3 is 0 Å². The molecule has 0 saturated heterocycles. The average molecular weight is 235 g/mol. The van der Waals surface area contributed by atoms with Crippen LogP contribution in [0.15, 0.2) is 18.2 Å². The summed E-state index contributed by atoms with van der Waals surface area (Å²) < 4.78 is 5.62. The normalized spacial score (nSPS) is 18.2. The van der Waals surface area contributed by atoms with E-state index in [4.69, 9.17) is 4.74 Å². The summed E-state index contributed by atoms with van der Waals surface area (Å²) in [6, 6.07) is 5.75. The van der Waals surface area contributed by atoms with Gasteiger partial charge in [0, 0.05) is 11.6 Å². The van der Waals surface area contributed by atoms with Crippen molar-refractivity contribution in [3.63, 3.8) is 0 Å². The SMILES string of the molecule is CCCCCN(C)C1COc2cc(O)ccc21. The molecule has 0 aliphatic carbocycles. The average Bonchev–Trinajstić information content (AvgIpc) is 2.72. The molecule has 0 aromatic heterocycles. The van der Waals surface area contributed by atoms with Crippen LogP contribution in [-0.4, -0.2) is 30.2 Å². The molecule has 1 aromatic carbocycles. The summed E-state index contributed by atoms with van der Waals surface area (Å²) in [4.78, 5) is 2.35. The third-order valence-corrected chi connectivity index (χ3v) is 3.40. The highest BCUT2D eigenvalue weighted by atomic mass is 16.5. The van der Waals surface area contributed by atoms with Gasteiger partial charge in [0.1, 0.15) is 18.1 Å². The smallest absolute Gasteiger partial charge is 0.127 e. The van der Waals surface area contributed by atoms with Crippen LogP contribution in [0.1, 0.15) is 37.8 Å². The fourth-order valence-corrected chi connectivity index (χ4v) is 2.31. The van der Waals surface area contributed by atoms with E-state index in [2.05, 4.69) is 18.9 Å². The van der Waals surface area contributed by atoms with Crippen molar-refractivity contribution in [1.29, 1.82) is 0 Å². The molecule has 3 heteroatoms. The summed E-state index contributed by atoms with van der Waals surface area (Å²) in [5.41, 5.74) is 1.20. The monoisotopic (exact) mass is 235 g/mol. The standard InChI is InChI=1S/C14H21NO2/c1-3-4-5-8-15(2)13-10-17-14-9-11(16)6-7-12(13)14/h6-7,9,13,16H,3-5,8,10H2,1-2H3. The molecule has 0 spiro atoms. The summed E-state index contributed by atoms with van der Waals surface area (Å²) in [6.45, 7) is 4.01. The molecule has 0 bridgehead atoms. The molecule has 2 rings (SSSR count). The van der Waals surface area contributed by atoms with E-state index in [0.29, 0.717) is 12.6 Å². The minimum Gasteiger partial charge on any atom is -0.508 e. The fraction of sp³-hybridized carbons (Fsp3) is 0.571. The molecule has 1 N–H and O–H groups in total. The molecule has 0 amide bonds. The Kier molecular flexibility index (Phi) is 3.89. The zero-order valence-corrected chi connectivity index (χ0v) is 10.6. The minimum atomic E-state index is 0.276. The second-order valence-corrected chi connectivity index (χ2v) is 4.74. The molecule has 3 nitrogen and oxygen atoms in total. The molecular formula is C14H21NO2. The first-order chi connectivity index (χ1) is 8.22. The van der Waals surface area contributed by atoms with E-state index in [0.717, 1.165) is 12.3 Å². The van der Waals surface area contributed by atoms with Crippen molar-refractivity contribution in [2.75, 3.05) is 20.2 Å². The Balaban J connectivity index is 2.01. The highest BCUT2D eigenvalue weighted by molar-refractivity contribution is 5.44. The lowest BCUT2D eigenvalue weighted by Gasteiger charge is -2.23. The summed E-state index contributed by atoms with van der Waals surface area (Å²) in [7, 11) is 2.14. The van der Waals surface area contributed by atoms with Crippen molar-refractivity contribution in [1.82, 2.24) is 4.90 Å². The summed E-state index contributed by atoms with van der Waals surface area (Å²) in [5.74, 6) is 1.11. The Labute approximate surface area is 103 Å². The van der Waals surface area contributed by atoms with Crippen molar-refractivity contribution in [2.24, 2.45) is 0 Å². The van der Waals surface area contributed by atoms with Gasteiger partial charge in [0.15, 0.2) is 0 Å². The van der Waals surface area contributed by atoms with Crippen LogP contribution in [0.25, 0.3) is 0 Å². The van der Waals surface area contributed by atoms with Crippen molar-refractivity contribution < 1.29 is 9.84 Å². The lowest BCUT2D eigenvalue weighted by Crippen LogP contribution is -2.26. The quantitative estimate of drug-likeness (QED) is 0.796. The predicted octanol–water partition coefficient (Wildman–Crippen LogP) is 2.95. The van der Waals surface area contributed by atoms with Crippen LogP contribution >= 0.6 is 0 Å². The van der Waals surface area contributed by atoms with E-state index in [1.807, 2.05) is 6.07 Å². The molecule has 1 aliphatic heterocycles. The number of hydrogen-bond acceptors (Lipinski definition) is 3. The maximum atomic E-state index is 9.40. The second-order valence-electron chi connectivity index (χ2n) is 4.74. The zero-order valence-electron chi connectivity index (χ0n) is 10.6. The number of benzene rings is 1. The van der Waals surface area contributed by atoms with E-state index < -0.39 is 0 Å². The zero-order chi connectivity index (χ0) is 12.3. The number of rotatable bonds is 5. The van der Waals surface area contributed by atoms with Gasteiger partial charge in [-0.15, -0.1) is 0 Å². The Bertz CT molecular complexity index is 378. The molecule has 1 heterocycles. The van der Waals surface area contributed by atoms with Gasteiger partial charge in [-0.05, 0) is 32.1 Å². The number of likely N-dealkylation sites (N-methyl/N-ethyl adjacent to an activating group) is 1. The lowest BCUT2D eigenvalue weighted by molar-refractivity contribution is 0.193. The third-order valence-electron chi connectivity index (χ3n) is 3.40. The van der Waals surface area contributed by atoms with Crippen molar-refractivity contribution >= 4 is 0 Å². The molecule has 94 valence electrons. The van der Waals surface area contributed by atoms with Gasteiger partial charge in [0.05, 0.1) is 6.04 Å². The van der Waals surface area contributed by atoms with Gasteiger partial charge in [0.25, 0.3) is 0 Å². The first kappa shape index (κ1) is 12.2. The van der Waals surface area contributed by atoms with Gasteiger partial charge in [-0.3, -0.25) is 4.90 Å². The number of unbranched alkanes of at least 4 members (excludes halogenated alkanes) is 2. The van der Waals surface area contributed by atoms with Crippen LogP contribution in [0.4, 0.5) is 0 Å². The summed E-state index contributed by atoms with van der Waals surface area (Å²) in [5, 5.41) is 9.40. The van der Waals surface area contributed by atoms with E-state index in [-0.39, 0.29) is 5.75 Å². The van der Waals surface area contributed by atoms with Crippen LogP contribution in [0, 0.1) is 0 Å². The van der Waals surface area contributed by atoms with E-state index in [9.17, 15) is 5.11 Å². The van der Waals surface area contributed by atoms with Gasteiger partial charge in [-0.2, -0.15) is 0 Å². The Morgan fingerprint density at radius 3 is 3.00 bits per heavy atom. The molecule has 1 atom stereocenters. The predicted molar refractivity (Wildman–Crippen MR) is 68.5 cm³/mol. The van der Waals surface area contributed by atoms with Crippen molar-refractivity contribution in [3.8, 4) is 11.5 Å². The molecule has 0 radical (unpaired) electrons. The second kappa shape index (κ2) is 5.41. The van der Waals surface area contributed by atoms with E-state index in [1.165, 1.54) is 24.8 Å². The molecule has 1 unspecified atom stereocenters. The van der Waals surface area contributed by atoms with Gasteiger partial charge in [0.2, 0.25) is 0 Å². The first-order valence-corrected chi connectivity index (χ1v) is 6.38. The Morgan fingerprint density at radius 1 is 1.41 bits per heavy atom. The number of hydrogen-bond donors (Lipinski definition) is 1. The number of aromatic hydroxyl groups is 1. The molecular weight excluding hydrogens is 214 g/mol. The number of ether oxygens (including phenoxy) is 1. The van der Waals surface area contributed by atoms with Crippen molar-refractivity contribution in [2.45, 2.75) is 32.2 Å². The largest absolute Gasteiger partial charge is 0.508 e. The Morgan fingerprint density at radius 2 is 2.24 bits per heavy atom. The number of phenolic OH excluding ortho intramolecular Hbond substituents is 1. The number of phenols is 1. The van der Waals surface area contributed by atoms with Gasteiger partial charge in [-0.1, -0.05) is 19.8 Å². The van der Waals surface area contributed by atoms with Gasteiger partial charge < -0.3 is 9.84 Å². The first-order valence-electron chi connectivity index (χ1n) is 6.38. The molecule has 0 saturated carbocycles. The van der Waals surface area contributed by atoms with E-state index >= 15 is 0 Å². The lowest BCUT2D eigenvalue weighted by atomic mass is 10.1. The van der Waals surface area contributed by atoms with Crippen LogP contribution in [0.2, 0.25) is 0 Å². The van der Waals surface area contributed by atoms with Crippen LogP contribution < -0.4 is 4.74 Å². The molecule has 17 heavy (non-hydrogen) atoms. The van der Waals surface area contributed by atoms with E-state index in [1.54, 1.807) is 12.1 Å². The van der Waals surface area contributed by atoms with Crippen molar-refractivity contribution in [3.05, 3.63) is 23.8 Å². The number of nitrogens with zero attached hydrogens (tertiary/aromatic N) is 1. The maximum absolute atomic E-state index is 9.40.